The molecule has 0 unspecified atom stereocenters. The lowest BCUT2D eigenvalue weighted by molar-refractivity contribution is -0.121. The van der Waals surface area contributed by atoms with E-state index in [1.165, 1.54) is 20.9 Å². The zero-order valence-corrected chi connectivity index (χ0v) is 16.9. The van der Waals surface area contributed by atoms with Crippen molar-refractivity contribution in [1.82, 2.24) is 10.2 Å². The maximum atomic E-state index is 12.1. The van der Waals surface area contributed by atoms with Gasteiger partial charge in [0, 0.05) is 22.8 Å². The molecule has 0 radical (unpaired) electrons. The highest BCUT2D eigenvalue weighted by atomic mass is 32.2. The van der Waals surface area contributed by atoms with Crippen molar-refractivity contribution in [2.75, 3.05) is 27.2 Å². The second-order valence-electron chi connectivity index (χ2n) is 6.88. The quantitative estimate of drug-likeness (QED) is 0.623. The van der Waals surface area contributed by atoms with Gasteiger partial charge in [-0.3, -0.25) is 4.79 Å². The van der Waals surface area contributed by atoms with Crippen LogP contribution in [0.4, 0.5) is 0 Å². The molecule has 0 saturated heterocycles. The van der Waals surface area contributed by atoms with Crippen molar-refractivity contribution in [2.45, 2.75) is 42.4 Å². The third-order valence-corrected chi connectivity index (χ3v) is 5.32. The molecule has 0 spiro atoms. The first-order chi connectivity index (χ1) is 12.5. The molecule has 0 aromatic heterocycles. The number of nitrogens with one attached hydrogen (secondary N) is 1. The highest BCUT2D eigenvalue weighted by Crippen LogP contribution is 2.31. The molecule has 0 aliphatic rings. The van der Waals surface area contributed by atoms with Crippen molar-refractivity contribution in [1.29, 1.82) is 0 Å². The molecule has 0 aliphatic carbocycles. The number of amides is 1. The summed E-state index contributed by atoms with van der Waals surface area (Å²) in [6, 6.07) is 16.9. The molecule has 3 nitrogen and oxygen atoms in total. The molecule has 1 amide bonds. The van der Waals surface area contributed by atoms with Gasteiger partial charge in [-0.05, 0) is 70.6 Å². The van der Waals surface area contributed by atoms with E-state index in [2.05, 4.69) is 73.7 Å². The molecule has 0 heterocycles. The fourth-order valence-electron chi connectivity index (χ4n) is 2.66. The summed E-state index contributed by atoms with van der Waals surface area (Å²) in [7, 11) is 4.15. The first-order valence-corrected chi connectivity index (χ1v) is 10.1. The number of hydrogen-bond acceptors (Lipinski definition) is 3. The van der Waals surface area contributed by atoms with Gasteiger partial charge in [0.2, 0.25) is 5.91 Å². The zero-order chi connectivity index (χ0) is 18.8. The summed E-state index contributed by atoms with van der Waals surface area (Å²) in [6.07, 6.45) is 3.46. The Kier molecular flexibility index (Phi) is 8.72. The minimum atomic E-state index is 0.144. The van der Waals surface area contributed by atoms with Gasteiger partial charge >= 0.3 is 0 Å². The lowest BCUT2D eigenvalue weighted by Gasteiger charge is -2.11. The van der Waals surface area contributed by atoms with Gasteiger partial charge in [-0.15, -0.1) is 0 Å². The molecule has 2 rings (SSSR count). The molecule has 1 N–H and O–H groups in total. The molecule has 0 atom stereocenters. The smallest absolute Gasteiger partial charge is 0.220 e. The van der Waals surface area contributed by atoms with Crippen molar-refractivity contribution in [2.24, 2.45) is 0 Å². The van der Waals surface area contributed by atoms with Gasteiger partial charge in [0.25, 0.3) is 0 Å². The van der Waals surface area contributed by atoms with Crippen molar-refractivity contribution >= 4 is 17.7 Å². The summed E-state index contributed by atoms with van der Waals surface area (Å²) in [5.74, 6) is 0.144. The number of carbonyl (C=O) groups is 1. The average molecular weight is 371 g/mol. The lowest BCUT2D eigenvalue weighted by Crippen LogP contribution is -2.25. The van der Waals surface area contributed by atoms with Gasteiger partial charge in [-0.2, -0.15) is 0 Å². The van der Waals surface area contributed by atoms with Gasteiger partial charge in [-0.1, -0.05) is 47.7 Å². The Bertz CT molecular complexity index is 683. The monoisotopic (exact) mass is 370 g/mol. The van der Waals surface area contributed by atoms with E-state index in [9.17, 15) is 4.79 Å². The first kappa shape index (κ1) is 20.5. The summed E-state index contributed by atoms with van der Waals surface area (Å²) in [5, 5.41) is 3.04. The number of hydrogen-bond donors (Lipinski definition) is 1. The van der Waals surface area contributed by atoms with Crippen LogP contribution in [0.2, 0.25) is 0 Å². The van der Waals surface area contributed by atoms with Crippen LogP contribution < -0.4 is 5.32 Å². The SMILES string of the molecule is Cc1ccc(Sc2ccccc2CCC(=O)NCCCCN(C)C)cc1. The van der Waals surface area contributed by atoms with Crippen LogP contribution in [0.1, 0.15) is 30.4 Å². The largest absolute Gasteiger partial charge is 0.356 e. The molecule has 2 aromatic carbocycles. The highest BCUT2D eigenvalue weighted by molar-refractivity contribution is 7.99. The number of aryl methyl sites for hydroxylation is 2. The van der Waals surface area contributed by atoms with E-state index >= 15 is 0 Å². The van der Waals surface area contributed by atoms with E-state index in [0.29, 0.717) is 6.42 Å². The Morgan fingerprint density at radius 3 is 2.50 bits per heavy atom. The topological polar surface area (TPSA) is 32.3 Å². The van der Waals surface area contributed by atoms with Gasteiger partial charge in [0.15, 0.2) is 0 Å². The third kappa shape index (κ3) is 7.63. The molecule has 0 bridgehead atoms. The van der Waals surface area contributed by atoms with E-state index in [1.807, 2.05) is 6.07 Å². The Hall–Kier alpha value is -1.78. The summed E-state index contributed by atoms with van der Waals surface area (Å²) >= 11 is 1.77. The normalized spacial score (nSPS) is 10.9. The van der Waals surface area contributed by atoms with E-state index in [-0.39, 0.29) is 5.91 Å². The molecular weight excluding hydrogens is 340 g/mol. The van der Waals surface area contributed by atoms with Crippen LogP contribution in [0.3, 0.4) is 0 Å². The van der Waals surface area contributed by atoms with Crippen LogP contribution in [0, 0.1) is 6.92 Å². The molecule has 0 aliphatic heterocycles. The standard InChI is InChI=1S/C22H30N2OS/c1-18-10-13-20(14-11-18)26-21-9-5-4-8-19(21)12-15-22(25)23-16-6-7-17-24(2)3/h4-5,8-11,13-14H,6-7,12,15-17H2,1-3H3,(H,23,25). The fourth-order valence-corrected chi connectivity index (χ4v) is 3.63. The van der Waals surface area contributed by atoms with E-state index in [4.69, 9.17) is 0 Å². The van der Waals surface area contributed by atoms with Crippen molar-refractivity contribution in [3.8, 4) is 0 Å². The van der Waals surface area contributed by atoms with Crippen LogP contribution in [0.15, 0.2) is 58.3 Å². The second-order valence-corrected chi connectivity index (χ2v) is 8.00. The van der Waals surface area contributed by atoms with E-state index in [1.54, 1.807) is 11.8 Å². The minimum Gasteiger partial charge on any atom is -0.356 e. The predicted octanol–water partition coefficient (Wildman–Crippen LogP) is 4.54. The van der Waals surface area contributed by atoms with Crippen LogP contribution >= 0.6 is 11.8 Å². The van der Waals surface area contributed by atoms with Crippen LogP contribution in [0.5, 0.6) is 0 Å². The Morgan fingerprint density at radius 2 is 1.77 bits per heavy atom. The van der Waals surface area contributed by atoms with Gasteiger partial charge in [0.05, 0.1) is 0 Å². The van der Waals surface area contributed by atoms with Crippen LogP contribution in [-0.4, -0.2) is 38.0 Å². The Labute approximate surface area is 162 Å². The van der Waals surface area contributed by atoms with Crippen molar-refractivity contribution < 1.29 is 4.79 Å². The number of carbonyl (C=O) groups excluding carboxylic acids is 1. The van der Waals surface area contributed by atoms with Crippen molar-refractivity contribution in [3.63, 3.8) is 0 Å². The number of unbranched alkanes of at least 4 members (excludes halogenated alkanes) is 1. The molecule has 4 heteroatoms. The fraction of sp³-hybridized carbons (Fsp3) is 0.409. The number of nitrogens with zero attached hydrogens (tertiary/aromatic N) is 1. The molecule has 26 heavy (non-hydrogen) atoms. The van der Waals surface area contributed by atoms with Crippen LogP contribution in [0.25, 0.3) is 0 Å². The highest BCUT2D eigenvalue weighted by Gasteiger charge is 2.07. The molecule has 0 saturated carbocycles. The van der Waals surface area contributed by atoms with Gasteiger partial charge < -0.3 is 10.2 Å². The van der Waals surface area contributed by atoms with Gasteiger partial charge in [-0.25, -0.2) is 0 Å². The zero-order valence-electron chi connectivity index (χ0n) is 16.1. The van der Waals surface area contributed by atoms with Gasteiger partial charge in [0.1, 0.15) is 0 Å². The number of rotatable bonds is 10. The molecule has 2 aromatic rings. The third-order valence-electron chi connectivity index (χ3n) is 4.20. The summed E-state index contributed by atoms with van der Waals surface area (Å²) in [4.78, 5) is 16.7. The number of benzene rings is 2. The second kappa shape index (κ2) is 11.0. The summed E-state index contributed by atoms with van der Waals surface area (Å²) in [5.41, 5.74) is 2.51. The van der Waals surface area contributed by atoms with E-state index in [0.717, 1.165) is 32.4 Å². The van der Waals surface area contributed by atoms with E-state index < -0.39 is 0 Å². The maximum Gasteiger partial charge on any atom is 0.220 e. The first-order valence-electron chi connectivity index (χ1n) is 9.28. The lowest BCUT2D eigenvalue weighted by atomic mass is 10.1. The Balaban J connectivity index is 1.80. The predicted molar refractivity (Wildman–Crippen MR) is 111 cm³/mol. The summed E-state index contributed by atoms with van der Waals surface area (Å²) in [6.45, 7) is 3.94. The molecule has 140 valence electrons. The summed E-state index contributed by atoms with van der Waals surface area (Å²) < 4.78 is 0. The molecule has 0 fully saturated rings. The average Bonchev–Trinajstić information content (AvgIpc) is 2.62. The Morgan fingerprint density at radius 1 is 1.04 bits per heavy atom. The molecular formula is C22H30N2OS. The van der Waals surface area contributed by atoms with Crippen LogP contribution in [-0.2, 0) is 11.2 Å². The minimum absolute atomic E-state index is 0.144. The van der Waals surface area contributed by atoms with Crippen molar-refractivity contribution in [3.05, 3.63) is 59.7 Å². The maximum absolute atomic E-state index is 12.1.